The predicted molar refractivity (Wildman–Crippen MR) is 241 cm³/mol. The third kappa shape index (κ3) is 29.8. The molecule has 1 saturated carbocycles. The zero-order valence-electron chi connectivity index (χ0n) is 37.7. The fraction of sp³-hybridized carbons (Fsp3) is 0.711. The van der Waals surface area contributed by atoms with E-state index in [9.17, 15) is 48.8 Å². The number of aliphatic hydroxyl groups is 4. The van der Waals surface area contributed by atoms with Gasteiger partial charge in [-0.05, 0) is 70.3 Å². The van der Waals surface area contributed by atoms with Crippen LogP contribution in [0.15, 0.2) is 60.8 Å². The van der Waals surface area contributed by atoms with Crippen LogP contribution in [0.5, 0.6) is 0 Å². The first-order chi connectivity index (χ1) is 30.5. The fourth-order valence-corrected chi connectivity index (χ4v) is 8.03. The van der Waals surface area contributed by atoms with Gasteiger partial charge in [0, 0.05) is 19.3 Å². The number of ether oxygens (including phenoxy) is 2. The Labute approximate surface area is 379 Å². The van der Waals surface area contributed by atoms with Gasteiger partial charge in [0.05, 0.1) is 6.61 Å². The SMILES string of the molecule is CC/C=C\C/C=C\C/C=C\CCCCCCCC(=O)OC[C@H](COP(=O)(O)O[C@H]1C(O)C(O)C(O)[C@@H](OP(=O)(O)O)C1O)OC(=O)CCCCCCCC(=O)/C=C/C=C\CCCCC. The second-order valence-electron chi connectivity index (χ2n) is 15.8. The smallest absolute Gasteiger partial charge is 0.462 e. The van der Waals surface area contributed by atoms with Crippen LogP contribution >= 0.6 is 15.6 Å². The van der Waals surface area contributed by atoms with Crippen molar-refractivity contribution in [3.8, 4) is 0 Å². The molecular weight excluding hydrogens is 874 g/mol. The number of rotatable bonds is 37. The van der Waals surface area contributed by atoms with Gasteiger partial charge in [0.1, 0.15) is 43.2 Å². The minimum Gasteiger partial charge on any atom is -0.462 e. The van der Waals surface area contributed by atoms with E-state index in [0.29, 0.717) is 32.1 Å². The van der Waals surface area contributed by atoms with Crippen molar-refractivity contribution < 1.29 is 81.7 Å². The molecule has 0 saturated heterocycles. The maximum atomic E-state index is 13.0. The van der Waals surface area contributed by atoms with Crippen molar-refractivity contribution in [3.05, 3.63) is 60.8 Å². The van der Waals surface area contributed by atoms with Crippen LogP contribution in [-0.2, 0) is 46.6 Å². The second kappa shape index (κ2) is 35.5. The highest BCUT2D eigenvalue weighted by atomic mass is 31.2. The Morgan fingerprint density at radius 2 is 1.09 bits per heavy atom. The summed E-state index contributed by atoms with van der Waals surface area (Å²) in [6.45, 7) is 2.81. The molecular formula is C45H76O17P2. The molecule has 1 fully saturated rings. The lowest BCUT2D eigenvalue weighted by molar-refractivity contribution is -0.216. The van der Waals surface area contributed by atoms with Gasteiger partial charge in [-0.3, -0.25) is 28.0 Å². The lowest BCUT2D eigenvalue weighted by Gasteiger charge is -2.43. The molecule has 5 unspecified atom stereocenters. The number of carbonyl (C=O) groups is 3. The van der Waals surface area contributed by atoms with Gasteiger partial charge in [0.2, 0.25) is 0 Å². The number of hydrogen-bond acceptors (Lipinski definition) is 14. The van der Waals surface area contributed by atoms with Crippen LogP contribution in [0, 0.1) is 0 Å². The van der Waals surface area contributed by atoms with E-state index in [4.69, 9.17) is 28.3 Å². The fourth-order valence-electron chi connectivity index (χ4n) is 6.49. The summed E-state index contributed by atoms with van der Waals surface area (Å²) in [6, 6.07) is 0. The zero-order valence-corrected chi connectivity index (χ0v) is 39.5. The molecule has 0 aromatic rings. The van der Waals surface area contributed by atoms with Crippen molar-refractivity contribution in [1.29, 1.82) is 0 Å². The van der Waals surface area contributed by atoms with Crippen LogP contribution in [0.1, 0.15) is 149 Å². The van der Waals surface area contributed by atoms with Crippen molar-refractivity contribution >= 4 is 33.4 Å². The minimum atomic E-state index is -5.38. The van der Waals surface area contributed by atoms with Crippen LogP contribution in [-0.4, -0.2) is 109 Å². The molecule has 17 nitrogen and oxygen atoms in total. The third-order valence-electron chi connectivity index (χ3n) is 10.1. The van der Waals surface area contributed by atoms with Gasteiger partial charge in [0.25, 0.3) is 0 Å². The maximum Gasteiger partial charge on any atom is 0.472 e. The van der Waals surface area contributed by atoms with Crippen LogP contribution < -0.4 is 0 Å². The number of carbonyl (C=O) groups excluding carboxylic acids is 3. The molecule has 1 aliphatic carbocycles. The Bertz CT molecular complexity index is 1540. The van der Waals surface area contributed by atoms with Crippen LogP contribution in [0.3, 0.4) is 0 Å². The molecule has 368 valence electrons. The molecule has 1 aliphatic rings. The summed E-state index contributed by atoms with van der Waals surface area (Å²) in [5, 5.41) is 41.2. The summed E-state index contributed by atoms with van der Waals surface area (Å²) < 4.78 is 49.2. The number of hydrogen-bond donors (Lipinski definition) is 7. The minimum absolute atomic E-state index is 0.0406. The Kier molecular flexibility index (Phi) is 33.0. The zero-order chi connectivity index (χ0) is 47.6. The molecule has 0 bridgehead atoms. The summed E-state index contributed by atoms with van der Waals surface area (Å²) in [5.74, 6) is -1.28. The average molecular weight is 951 g/mol. The van der Waals surface area contributed by atoms with Crippen molar-refractivity contribution in [1.82, 2.24) is 0 Å². The van der Waals surface area contributed by atoms with Crippen LogP contribution in [0.25, 0.3) is 0 Å². The summed E-state index contributed by atoms with van der Waals surface area (Å²) in [4.78, 5) is 66.3. The highest BCUT2D eigenvalue weighted by Gasteiger charge is 2.54. The van der Waals surface area contributed by atoms with E-state index >= 15 is 0 Å². The van der Waals surface area contributed by atoms with Gasteiger partial charge in [0.15, 0.2) is 11.9 Å². The van der Waals surface area contributed by atoms with E-state index in [1.165, 1.54) is 6.42 Å². The molecule has 0 radical (unpaired) electrons. The first kappa shape index (κ1) is 59.4. The molecule has 0 aliphatic heterocycles. The molecule has 0 spiro atoms. The van der Waals surface area contributed by atoms with Crippen LogP contribution in [0.4, 0.5) is 0 Å². The maximum absolute atomic E-state index is 13.0. The van der Waals surface area contributed by atoms with E-state index in [2.05, 4.69) is 54.8 Å². The lowest BCUT2D eigenvalue weighted by atomic mass is 9.85. The summed E-state index contributed by atoms with van der Waals surface area (Å²) in [5.41, 5.74) is 0. The van der Waals surface area contributed by atoms with Gasteiger partial charge in [-0.25, -0.2) is 9.13 Å². The molecule has 8 atom stereocenters. The number of aliphatic hydroxyl groups excluding tert-OH is 4. The molecule has 1 rings (SSSR count). The molecule has 0 amide bonds. The van der Waals surface area contributed by atoms with Crippen molar-refractivity contribution in [3.63, 3.8) is 0 Å². The van der Waals surface area contributed by atoms with Gasteiger partial charge < -0.3 is 44.6 Å². The highest BCUT2D eigenvalue weighted by molar-refractivity contribution is 7.47. The second-order valence-corrected chi connectivity index (χ2v) is 18.4. The first-order valence-electron chi connectivity index (χ1n) is 22.8. The molecule has 0 aromatic heterocycles. The number of esters is 2. The quantitative estimate of drug-likeness (QED) is 0.00795. The third-order valence-corrected chi connectivity index (χ3v) is 11.6. The Hall–Kier alpha value is -2.63. The average Bonchev–Trinajstić information content (AvgIpc) is 3.24. The number of phosphoric ester groups is 2. The van der Waals surface area contributed by atoms with E-state index in [1.807, 2.05) is 12.2 Å². The lowest BCUT2D eigenvalue weighted by Crippen LogP contribution is -2.64. The molecule has 0 heterocycles. The van der Waals surface area contributed by atoms with Gasteiger partial charge in [-0.1, -0.05) is 120 Å². The summed E-state index contributed by atoms with van der Waals surface area (Å²) in [7, 11) is -10.7. The van der Waals surface area contributed by atoms with Crippen LogP contribution in [0.2, 0.25) is 0 Å². The van der Waals surface area contributed by atoms with Crippen molar-refractivity contribution in [2.45, 2.75) is 191 Å². The molecule has 0 aromatic carbocycles. The Balaban J connectivity index is 2.66. The van der Waals surface area contributed by atoms with E-state index in [0.717, 1.165) is 83.5 Å². The predicted octanol–water partition coefficient (Wildman–Crippen LogP) is 7.46. The largest absolute Gasteiger partial charge is 0.472 e. The monoisotopic (exact) mass is 950 g/mol. The summed E-state index contributed by atoms with van der Waals surface area (Å²) >= 11 is 0. The number of allylic oxidation sites excluding steroid dienone is 10. The van der Waals surface area contributed by atoms with Crippen molar-refractivity contribution in [2.24, 2.45) is 0 Å². The molecule has 19 heteroatoms. The van der Waals surface area contributed by atoms with E-state index in [-0.39, 0.29) is 18.6 Å². The van der Waals surface area contributed by atoms with E-state index in [1.54, 1.807) is 12.2 Å². The number of phosphoric acid groups is 2. The highest BCUT2D eigenvalue weighted by Crippen LogP contribution is 2.49. The normalized spacial score (nSPS) is 22.3. The standard InChI is InChI=1S/C45H76O17P2/c1-3-5-7-9-11-12-13-14-15-16-17-18-20-24-28-32-38(47)58-34-37(60-39(48)33-29-25-21-23-27-31-36(46)30-26-22-19-10-8-6-4-2)35-59-64(56,57)62-45-42(51)40(49)41(50)44(43(45)52)61-63(53,54)55/h5,7,11-12,14-15,19,22,26,30,37,40-45,49-52H,3-4,6,8-10,13,16-18,20-21,23-25,27-29,31-35H2,1-2H3,(H,56,57)(H2,53,54,55)/b7-5-,12-11-,15-14-,22-19-,30-26+/t37-,40?,41?,42?,43?,44-,45+/m1/s1. The summed E-state index contributed by atoms with van der Waals surface area (Å²) in [6.07, 6.45) is 21.5. The Morgan fingerprint density at radius 1 is 0.562 bits per heavy atom. The first-order valence-corrected chi connectivity index (χ1v) is 25.8. The van der Waals surface area contributed by atoms with Gasteiger partial charge in [-0.15, -0.1) is 0 Å². The van der Waals surface area contributed by atoms with Gasteiger partial charge in [-0.2, -0.15) is 0 Å². The number of unbranched alkanes of at least 4 members (excludes halogenated alkanes) is 12. The van der Waals surface area contributed by atoms with Crippen molar-refractivity contribution in [2.75, 3.05) is 13.2 Å². The molecule has 7 N–H and O–H groups in total. The molecule has 64 heavy (non-hydrogen) atoms. The topological polar surface area (TPSA) is 273 Å². The van der Waals surface area contributed by atoms with Gasteiger partial charge >= 0.3 is 27.6 Å². The Morgan fingerprint density at radius 3 is 1.72 bits per heavy atom. The number of ketones is 1. The van der Waals surface area contributed by atoms with E-state index < -0.39 is 83.5 Å².